The number of nitrogens with one attached hydrogen (secondary N) is 1. The Bertz CT molecular complexity index is 659. The second-order valence-electron chi connectivity index (χ2n) is 12.2. The van der Waals surface area contributed by atoms with Crippen molar-refractivity contribution in [2.24, 2.45) is 5.41 Å². The van der Waals surface area contributed by atoms with Crippen LogP contribution in [0.4, 0.5) is 4.79 Å². The molecule has 34 heavy (non-hydrogen) atoms. The molecule has 0 aliphatic heterocycles. The Labute approximate surface area is 208 Å². The molecule has 0 spiro atoms. The number of carbonyl (C=O) groups excluding carboxylic acids is 1. The van der Waals surface area contributed by atoms with Crippen molar-refractivity contribution in [3.8, 4) is 0 Å². The van der Waals surface area contributed by atoms with Crippen molar-refractivity contribution in [1.29, 1.82) is 0 Å². The average Bonchev–Trinajstić information content (AvgIpc) is 2.61. The minimum Gasteiger partial charge on any atom is -0.478 e. The van der Waals surface area contributed by atoms with Crippen molar-refractivity contribution in [3.63, 3.8) is 0 Å². The highest BCUT2D eigenvalue weighted by Gasteiger charge is 2.45. The van der Waals surface area contributed by atoms with E-state index < -0.39 is 38.1 Å². The van der Waals surface area contributed by atoms with E-state index in [0.717, 1.165) is 6.42 Å². The SMILES string of the molecule is C=C(C[C@H](O)[C@H](CC(C)(C)CCO[Si](C(C)C)(C(C)C)C(C)C)NC(=O)OC(C)(C)C)C(=O)O. The smallest absolute Gasteiger partial charge is 0.407 e. The van der Waals surface area contributed by atoms with E-state index in [4.69, 9.17) is 9.16 Å². The molecule has 0 fully saturated rings. The normalized spacial score (nSPS) is 14.9. The van der Waals surface area contributed by atoms with Crippen LogP contribution >= 0.6 is 0 Å². The Kier molecular flexibility index (Phi) is 12.5. The molecule has 3 N–H and O–H groups in total. The lowest BCUT2D eigenvalue weighted by Gasteiger charge is -2.43. The van der Waals surface area contributed by atoms with E-state index in [-0.39, 0.29) is 17.4 Å². The third kappa shape index (κ3) is 10.5. The first-order valence-electron chi connectivity index (χ1n) is 12.5. The molecular weight excluding hydrogens is 450 g/mol. The van der Waals surface area contributed by atoms with Crippen LogP contribution in [0.1, 0.15) is 95.4 Å². The van der Waals surface area contributed by atoms with Gasteiger partial charge in [0.05, 0.1) is 12.1 Å². The second kappa shape index (κ2) is 13.1. The monoisotopic (exact) mass is 501 g/mol. The molecule has 0 saturated carbocycles. The van der Waals surface area contributed by atoms with Gasteiger partial charge in [-0.3, -0.25) is 0 Å². The second-order valence-corrected chi connectivity index (χ2v) is 17.7. The standard InChI is InChI=1S/C26H51NO6Si/c1-17(2)34(18(3)4,19(5)6)32-14-13-26(11,12)16-21(22(28)15-20(7)23(29)30)27-24(31)33-25(8,9)10/h17-19,21-22,28H,7,13-16H2,1-6,8-12H3,(H,27,31)(H,29,30)/t21-,22-/m0/s1. The van der Waals surface area contributed by atoms with Crippen molar-refractivity contribution in [2.45, 2.75) is 130 Å². The molecule has 0 rings (SSSR count). The summed E-state index contributed by atoms with van der Waals surface area (Å²) in [5.74, 6) is -1.17. The van der Waals surface area contributed by atoms with Gasteiger partial charge in [-0.25, -0.2) is 9.59 Å². The third-order valence-corrected chi connectivity index (χ3v) is 12.7. The molecule has 200 valence electrons. The number of aliphatic hydroxyl groups excluding tert-OH is 1. The molecule has 0 radical (unpaired) electrons. The molecule has 0 aromatic heterocycles. The number of hydrogen-bond donors (Lipinski definition) is 3. The van der Waals surface area contributed by atoms with Crippen LogP contribution in [-0.2, 0) is 14.0 Å². The molecule has 0 aromatic rings. The molecule has 0 unspecified atom stereocenters. The summed E-state index contributed by atoms with van der Waals surface area (Å²) in [5.41, 5.74) is 0.386. The molecule has 0 bridgehead atoms. The van der Waals surface area contributed by atoms with Gasteiger partial charge in [0.2, 0.25) is 0 Å². The minimum absolute atomic E-state index is 0.105. The van der Waals surface area contributed by atoms with Gasteiger partial charge >= 0.3 is 12.1 Å². The Morgan fingerprint density at radius 2 is 1.44 bits per heavy atom. The number of rotatable bonds is 14. The fourth-order valence-electron chi connectivity index (χ4n) is 4.93. The molecule has 0 heterocycles. The molecule has 0 saturated heterocycles. The quantitative estimate of drug-likeness (QED) is 0.191. The molecule has 2 atom stereocenters. The zero-order valence-electron chi connectivity index (χ0n) is 23.4. The Morgan fingerprint density at radius 3 is 1.82 bits per heavy atom. The van der Waals surface area contributed by atoms with Gasteiger partial charge in [0.1, 0.15) is 5.60 Å². The van der Waals surface area contributed by atoms with Gasteiger partial charge < -0.3 is 24.7 Å². The van der Waals surface area contributed by atoms with Crippen LogP contribution in [0.5, 0.6) is 0 Å². The predicted octanol–water partition coefficient (Wildman–Crippen LogP) is 6.27. The zero-order valence-corrected chi connectivity index (χ0v) is 24.4. The van der Waals surface area contributed by atoms with Gasteiger partial charge in [-0.1, -0.05) is 62.0 Å². The summed E-state index contributed by atoms with van der Waals surface area (Å²) >= 11 is 0. The number of aliphatic carboxylic acids is 1. The van der Waals surface area contributed by atoms with Crippen LogP contribution in [0.3, 0.4) is 0 Å². The highest BCUT2D eigenvalue weighted by molar-refractivity contribution is 6.77. The first-order valence-corrected chi connectivity index (χ1v) is 14.6. The summed E-state index contributed by atoms with van der Waals surface area (Å²) < 4.78 is 12.1. The van der Waals surface area contributed by atoms with E-state index in [9.17, 15) is 19.8 Å². The summed E-state index contributed by atoms with van der Waals surface area (Å²) in [6.45, 7) is 27.1. The molecule has 8 heteroatoms. The van der Waals surface area contributed by atoms with Gasteiger partial charge in [-0.05, 0) is 55.7 Å². The van der Waals surface area contributed by atoms with Gasteiger partial charge in [0.15, 0.2) is 8.32 Å². The van der Waals surface area contributed by atoms with Gasteiger partial charge in [-0.15, -0.1) is 0 Å². The van der Waals surface area contributed by atoms with E-state index >= 15 is 0 Å². The number of amides is 1. The Morgan fingerprint density at radius 1 is 0.971 bits per heavy atom. The lowest BCUT2D eigenvalue weighted by atomic mass is 9.80. The number of carboxylic acid groups (broad SMARTS) is 1. The van der Waals surface area contributed by atoms with E-state index in [1.165, 1.54) is 0 Å². The summed E-state index contributed by atoms with van der Waals surface area (Å²) in [4.78, 5) is 23.7. The predicted molar refractivity (Wildman–Crippen MR) is 141 cm³/mol. The number of ether oxygens (including phenoxy) is 1. The summed E-state index contributed by atoms with van der Waals surface area (Å²) in [6.07, 6.45) is -0.718. The van der Waals surface area contributed by atoms with Crippen LogP contribution in [0.15, 0.2) is 12.2 Å². The third-order valence-electron chi connectivity index (χ3n) is 6.54. The molecule has 0 aliphatic carbocycles. The van der Waals surface area contributed by atoms with E-state index in [0.29, 0.717) is 29.7 Å². The van der Waals surface area contributed by atoms with Crippen molar-refractivity contribution in [3.05, 3.63) is 12.2 Å². The number of hydrogen-bond acceptors (Lipinski definition) is 5. The van der Waals surface area contributed by atoms with Crippen molar-refractivity contribution >= 4 is 20.4 Å². The molecule has 0 aliphatic rings. The zero-order chi connectivity index (χ0) is 27.1. The first kappa shape index (κ1) is 32.6. The topological polar surface area (TPSA) is 105 Å². The van der Waals surface area contributed by atoms with E-state index in [2.05, 4.69) is 67.3 Å². The van der Waals surface area contributed by atoms with Gasteiger partial charge in [0, 0.05) is 18.6 Å². The van der Waals surface area contributed by atoms with Gasteiger partial charge in [0.25, 0.3) is 0 Å². The molecule has 0 aromatic carbocycles. The van der Waals surface area contributed by atoms with Crippen molar-refractivity contribution in [1.82, 2.24) is 5.32 Å². The number of carbonyl (C=O) groups is 2. The fourth-order valence-corrected chi connectivity index (χ4v) is 10.4. The molecule has 1 amide bonds. The molecule has 7 nitrogen and oxygen atoms in total. The van der Waals surface area contributed by atoms with Crippen molar-refractivity contribution in [2.75, 3.05) is 6.61 Å². The van der Waals surface area contributed by atoms with Crippen molar-refractivity contribution < 1.29 is 29.0 Å². The maximum Gasteiger partial charge on any atom is 0.407 e. The largest absolute Gasteiger partial charge is 0.478 e. The number of carboxylic acids is 1. The fraction of sp³-hybridized carbons (Fsp3) is 0.846. The van der Waals surface area contributed by atoms with E-state index in [1.54, 1.807) is 20.8 Å². The van der Waals surface area contributed by atoms with E-state index in [1.807, 2.05) is 0 Å². The summed E-state index contributed by atoms with van der Waals surface area (Å²) in [6, 6.07) is -0.691. The van der Waals surface area contributed by atoms with Crippen LogP contribution in [0.25, 0.3) is 0 Å². The maximum atomic E-state index is 12.4. The summed E-state index contributed by atoms with van der Waals surface area (Å²) in [7, 11) is -1.99. The average molecular weight is 502 g/mol. The van der Waals surface area contributed by atoms with Crippen LogP contribution in [0, 0.1) is 5.41 Å². The maximum absolute atomic E-state index is 12.4. The lowest BCUT2D eigenvalue weighted by Crippen LogP contribution is -2.49. The lowest BCUT2D eigenvalue weighted by molar-refractivity contribution is -0.133. The van der Waals surface area contributed by atoms with Crippen LogP contribution < -0.4 is 5.32 Å². The highest BCUT2D eigenvalue weighted by Crippen LogP contribution is 2.43. The number of alkyl carbamates (subject to hydrolysis) is 1. The Hall–Kier alpha value is -1.38. The number of aliphatic hydroxyl groups is 1. The highest BCUT2D eigenvalue weighted by atomic mass is 28.4. The van der Waals surface area contributed by atoms with Crippen LogP contribution in [0.2, 0.25) is 16.6 Å². The van der Waals surface area contributed by atoms with Crippen LogP contribution in [-0.4, -0.2) is 54.9 Å². The summed E-state index contributed by atoms with van der Waals surface area (Å²) in [5, 5.41) is 22.7. The minimum atomic E-state index is -1.99. The first-order chi connectivity index (χ1) is 15.2. The molecular formula is C26H51NO6Si. The Balaban J connectivity index is 5.50. The van der Waals surface area contributed by atoms with Gasteiger partial charge in [-0.2, -0.15) is 0 Å².